The van der Waals surface area contributed by atoms with E-state index in [2.05, 4.69) is 0 Å². The predicted molar refractivity (Wildman–Crippen MR) is 65.7 cm³/mol. The molecular formula is C10H7Cl2NO6. The van der Waals surface area contributed by atoms with Gasteiger partial charge in [-0.25, -0.2) is 9.59 Å². The van der Waals surface area contributed by atoms with Crippen molar-refractivity contribution >= 4 is 40.8 Å². The molecule has 9 heteroatoms. The second-order valence-electron chi connectivity index (χ2n) is 3.62. The van der Waals surface area contributed by atoms with Gasteiger partial charge in [0.2, 0.25) is 4.87 Å². The summed E-state index contributed by atoms with van der Waals surface area (Å²) in [6.07, 6.45) is -0.681. The Labute approximate surface area is 116 Å². The molecule has 1 aromatic carbocycles. The van der Waals surface area contributed by atoms with Gasteiger partial charge in [-0.2, -0.15) is 0 Å². The predicted octanol–water partition coefficient (Wildman–Crippen LogP) is 1.94. The van der Waals surface area contributed by atoms with Gasteiger partial charge < -0.3 is 10.2 Å². The van der Waals surface area contributed by atoms with Crippen molar-refractivity contribution in [1.29, 1.82) is 0 Å². The van der Waals surface area contributed by atoms with Crippen molar-refractivity contribution in [3.8, 4) is 0 Å². The molecule has 2 N–H and O–H groups in total. The van der Waals surface area contributed by atoms with E-state index in [1.807, 2.05) is 0 Å². The number of alkyl halides is 1. The number of nitro groups is 1. The number of halogens is 2. The van der Waals surface area contributed by atoms with Crippen molar-refractivity contribution in [3.05, 3.63) is 38.9 Å². The van der Waals surface area contributed by atoms with Gasteiger partial charge in [0.15, 0.2) is 0 Å². The molecule has 0 aliphatic carbocycles. The van der Waals surface area contributed by atoms with Crippen molar-refractivity contribution in [3.63, 3.8) is 0 Å². The molecule has 0 spiro atoms. The molecular weight excluding hydrogens is 301 g/mol. The van der Waals surface area contributed by atoms with Gasteiger partial charge in [-0.1, -0.05) is 23.2 Å². The molecule has 0 saturated carbocycles. The highest BCUT2D eigenvalue weighted by Crippen LogP contribution is 2.29. The van der Waals surface area contributed by atoms with Crippen molar-refractivity contribution in [2.45, 2.75) is 11.3 Å². The minimum absolute atomic E-state index is 0.00174. The highest BCUT2D eigenvalue weighted by Gasteiger charge is 2.45. The van der Waals surface area contributed by atoms with Crippen LogP contribution >= 0.6 is 23.2 Å². The third-order valence-corrected chi connectivity index (χ3v) is 3.18. The molecule has 7 nitrogen and oxygen atoms in total. The van der Waals surface area contributed by atoms with Crippen LogP contribution in [0.1, 0.15) is 5.56 Å². The lowest BCUT2D eigenvalue weighted by Gasteiger charge is -2.17. The van der Waals surface area contributed by atoms with Gasteiger partial charge >= 0.3 is 11.9 Å². The third-order valence-electron chi connectivity index (χ3n) is 2.35. The second kappa shape index (κ2) is 5.41. The smallest absolute Gasteiger partial charge is 0.336 e. The minimum atomic E-state index is -2.63. The van der Waals surface area contributed by atoms with Crippen LogP contribution in [0.3, 0.4) is 0 Å². The van der Waals surface area contributed by atoms with E-state index in [0.29, 0.717) is 0 Å². The number of hydrogen-bond donors (Lipinski definition) is 2. The highest BCUT2D eigenvalue weighted by molar-refractivity contribution is 6.44. The van der Waals surface area contributed by atoms with E-state index in [4.69, 9.17) is 33.4 Å². The van der Waals surface area contributed by atoms with E-state index in [0.717, 1.165) is 12.1 Å². The zero-order valence-corrected chi connectivity index (χ0v) is 10.7. The van der Waals surface area contributed by atoms with Gasteiger partial charge in [0.25, 0.3) is 5.69 Å². The maximum Gasteiger partial charge on any atom is 0.336 e. The maximum atomic E-state index is 10.9. The molecule has 0 saturated heterocycles. The zero-order chi connectivity index (χ0) is 14.8. The minimum Gasteiger partial charge on any atom is -0.479 e. The van der Waals surface area contributed by atoms with Gasteiger partial charge in [0.1, 0.15) is 0 Å². The first kappa shape index (κ1) is 15.2. The van der Waals surface area contributed by atoms with E-state index in [1.54, 1.807) is 0 Å². The summed E-state index contributed by atoms with van der Waals surface area (Å²) in [4.78, 5) is 29.1. The van der Waals surface area contributed by atoms with Crippen molar-refractivity contribution in [2.75, 3.05) is 0 Å². The Balaban J connectivity index is 3.24. The summed E-state index contributed by atoms with van der Waals surface area (Å²) in [6.45, 7) is 0. The Hall–Kier alpha value is -1.86. The Bertz CT molecular complexity index is 545. The monoisotopic (exact) mass is 307 g/mol. The molecule has 0 aliphatic rings. The average Bonchev–Trinajstić information content (AvgIpc) is 2.30. The summed E-state index contributed by atoms with van der Waals surface area (Å²) in [7, 11) is 0. The van der Waals surface area contributed by atoms with Gasteiger partial charge in [-0.15, -0.1) is 0 Å². The van der Waals surface area contributed by atoms with E-state index < -0.39 is 28.2 Å². The van der Waals surface area contributed by atoms with Crippen molar-refractivity contribution < 1.29 is 24.7 Å². The Morgan fingerprint density at radius 1 is 1.32 bits per heavy atom. The Morgan fingerprint density at radius 3 is 2.26 bits per heavy atom. The van der Waals surface area contributed by atoms with Crippen LogP contribution in [0.5, 0.6) is 0 Å². The number of rotatable bonds is 5. The average molecular weight is 308 g/mol. The van der Waals surface area contributed by atoms with E-state index in [9.17, 15) is 19.7 Å². The van der Waals surface area contributed by atoms with Crippen LogP contribution in [0.25, 0.3) is 0 Å². The number of carboxylic acids is 2. The molecule has 0 heterocycles. The number of carbonyl (C=O) groups is 2. The van der Waals surface area contributed by atoms with Gasteiger partial charge in [-0.3, -0.25) is 10.1 Å². The van der Waals surface area contributed by atoms with Crippen LogP contribution in [0.15, 0.2) is 18.2 Å². The van der Waals surface area contributed by atoms with Gasteiger partial charge in [-0.05, 0) is 11.6 Å². The number of benzene rings is 1. The third kappa shape index (κ3) is 3.12. The lowest BCUT2D eigenvalue weighted by molar-refractivity contribution is -0.384. The summed E-state index contributed by atoms with van der Waals surface area (Å²) < 4.78 is 0. The standard InChI is InChI=1S/C10H7Cl2NO6/c11-7-2-1-6(13(18)19)3-5(7)4-10(12,8(14)15)9(16)17/h1-3H,4H2,(H,14,15)(H,16,17). The van der Waals surface area contributed by atoms with Crippen LogP contribution in [0.2, 0.25) is 5.02 Å². The number of hydrogen-bond acceptors (Lipinski definition) is 4. The summed E-state index contributed by atoms with van der Waals surface area (Å²) in [6, 6.07) is 3.28. The maximum absolute atomic E-state index is 10.9. The summed E-state index contributed by atoms with van der Waals surface area (Å²) in [5, 5.41) is 28.3. The van der Waals surface area contributed by atoms with E-state index >= 15 is 0 Å². The molecule has 1 rings (SSSR count). The Morgan fingerprint density at radius 2 is 1.84 bits per heavy atom. The molecule has 0 bridgehead atoms. The van der Waals surface area contributed by atoms with E-state index in [1.165, 1.54) is 6.07 Å². The largest absolute Gasteiger partial charge is 0.479 e. The summed E-state index contributed by atoms with van der Waals surface area (Å²) >= 11 is 11.3. The molecule has 0 aromatic heterocycles. The first-order chi connectivity index (χ1) is 8.68. The fourth-order valence-electron chi connectivity index (χ4n) is 1.32. The normalized spacial score (nSPS) is 11.1. The number of aliphatic carboxylic acids is 2. The number of nitrogens with zero attached hydrogens (tertiary/aromatic N) is 1. The molecule has 102 valence electrons. The number of non-ortho nitro benzene ring substituents is 1. The molecule has 0 aliphatic heterocycles. The summed E-state index contributed by atoms with van der Waals surface area (Å²) in [5.41, 5.74) is -0.370. The van der Waals surface area contributed by atoms with Gasteiger partial charge in [0.05, 0.1) is 4.92 Å². The molecule has 0 fully saturated rings. The zero-order valence-electron chi connectivity index (χ0n) is 9.17. The fourth-order valence-corrected chi connectivity index (χ4v) is 1.64. The van der Waals surface area contributed by atoms with Crippen LogP contribution in [-0.4, -0.2) is 31.9 Å². The molecule has 0 amide bonds. The van der Waals surface area contributed by atoms with Crippen molar-refractivity contribution in [1.82, 2.24) is 0 Å². The quantitative estimate of drug-likeness (QED) is 0.371. The van der Waals surface area contributed by atoms with Crippen LogP contribution in [0, 0.1) is 10.1 Å². The lowest BCUT2D eigenvalue weighted by atomic mass is 9.98. The topological polar surface area (TPSA) is 118 Å². The SMILES string of the molecule is O=C(O)C(Cl)(Cc1cc([N+](=O)[O-])ccc1Cl)C(=O)O. The first-order valence-electron chi connectivity index (χ1n) is 4.77. The van der Waals surface area contributed by atoms with E-state index in [-0.39, 0.29) is 16.3 Å². The fraction of sp³-hybridized carbons (Fsp3) is 0.200. The molecule has 0 radical (unpaired) electrons. The van der Waals surface area contributed by atoms with Crippen LogP contribution in [0.4, 0.5) is 5.69 Å². The lowest BCUT2D eigenvalue weighted by Crippen LogP contribution is -2.43. The summed E-state index contributed by atoms with van der Waals surface area (Å²) in [5.74, 6) is -3.55. The molecule has 19 heavy (non-hydrogen) atoms. The number of nitro benzene ring substituents is 1. The number of carboxylic acid groups (broad SMARTS) is 2. The van der Waals surface area contributed by atoms with Crippen molar-refractivity contribution in [2.24, 2.45) is 0 Å². The molecule has 0 atom stereocenters. The first-order valence-corrected chi connectivity index (χ1v) is 5.52. The van der Waals surface area contributed by atoms with Gasteiger partial charge in [0, 0.05) is 23.6 Å². The van der Waals surface area contributed by atoms with Crippen LogP contribution < -0.4 is 0 Å². The Kier molecular flexibility index (Phi) is 4.33. The molecule has 1 aromatic rings. The molecule has 0 unspecified atom stereocenters. The van der Waals surface area contributed by atoms with Crippen LogP contribution in [-0.2, 0) is 16.0 Å². The second-order valence-corrected chi connectivity index (χ2v) is 4.67. The highest BCUT2D eigenvalue weighted by atomic mass is 35.5.